The van der Waals surface area contributed by atoms with Gasteiger partial charge in [-0.3, -0.25) is 10.1 Å². The topological polar surface area (TPSA) is 102 Å². The Kier molecular flexibility index (Phi) is 6.16. The summed E-state index contributed by atoms with van der Waals surface area (Å²) < 4.78 is 1.73. The maximum absolute atomic E-state index is 12.1. The maximum Gasteiger partial charge on any atom is 0.283 e. The summed E-state index contributed by atoms with van der Waals surface area (Å²) in [4.78, 5) is 15.8. The molecule has 1 aliphatic rings. The third-order valence-electron chi connectivity index (χ3n) is 6.66. The van der Waals surface area contributed by atoms with Crippen LogP contribution in [0.4, 0.5) is 5.69 Å². The molecule has 0 aliphatic carbocycles. The Balaban J connectivity index is 1.46. The summed E-state index contributed by atoms with van der Waals surface area (Å²) in [6.07, 6.45) is 1.56. The molecule has 8 nitrogen and oxygen atoms in total. The van der Waals surface area contributed by atoms with E-state index in [1.807, 2.05) is 36.4 Å². The van der Waals surface area contributed by atoms with Gasteiger partial charge in [-0.2, -0.15) is 0 Å². The molecule has 3 heterocycles. The van der Waals surface area contributed by atoms with Crippen molar-refractivity contribution in [2.45, 2.75) is 22.0 Å². The third kappa shape index (κ3) is 4.27. The molecule has 0 radical (unpaired) electrons. The summed E-state index contributed by atoms with van der Waals surface area (Å²) in [6, 6.07) is 18.8. The lowest BCUT2D eigenvalue weighted by Gasteiger charge is -2.32. The Labute approximate surface area is 226 Å². The van der Waals surface area contributed by atoms with Crippen LogP contribution in [0.2, 0.25) is 10.0 Å². The summed E-state index contributed by atoms with van der Waals surface area (Å²) in [6.45, 7) is 0.601. The van der Waals surface area contributed by atoms with Crippen LogP contribution in [-0.2, 0) is 7.05 Å². The fraction of sp³-hybridized carbons (Fsp3) is 0.154. The molecule has 0 amide bonds. The minimum absolute atomic E-state index is 0.0205. The van der Waals surface area contributed by atoms with Crippen molar-refractivity contribution in [1.82, 2.24) is 25.1 Å². The Morgan fingerprint density at radius 3 is 2.73 bits per heavy atom. The van der Waals surface area contributed by atoms with Gasteiger partial charge in [0.25, 0.3) is 5.69 Å². The Bertz CT molecular complexity index is 1670. The second-order valence-corrected chi connectivity index (χ2v) is 10.7. The molecule has 0 saturated heterocycles. The number of aromatic amines is 1. The molecule has 2 aromatic heterocycles. The van der Waals surface area contributed by atoms with Crippen molar-refractivity contribution in [1.29, 1.82) is 0 Å². The number of nitrogens with one attached hydrogen (secondary N) is 2. The molecule has 37 heavy (non-hydrogen) atoms. The second kappa shape index (κ2) is 9.50. The number of hydrogen-bond donors (Lipinski definition) is 2. The van der Waals surface area contributed by atoms with Crippen molar-refractivity contribution < 1.29 is 4.92 Å². The summed E-state index contributed by atoms with van der Waals surface area (Å²) in [5, 5.41) is 26.4. The number of para-hydroxylation sites is 1. The first kappa shape index (κ1) is 24.0. The van der Waals surface area contributed by atoms with Gasteiger partial charge in [0.2, 0.25) is 0 Å². The van der Waals surface area contributed by atoms with Crippen molar-refractivity contribution >= 4 is 51.6 Å². The first-order chi connectivity index (χ1) is 17.9. The number of nitrogens with zero attached hydrogens (tertiary/aromatic N) is 4. The van der Waals surface area contributed by atoms with E-state index in [2.05, 4.69) is 26.6 Å². The highest BCUT2D eigenvalue weighted by Gasteiger charge is 2.34. The van der Waals surface area contributed by atoms with E-state index in [1.54, 1.807) is 36.1 Å². The highest BCUT2D eigenvalue weighted by atomic mass is 35.5. The van der Waals surface area contributed by atoms with Crippen LogP contribution in [-0.4, -0.2) is 31.2 Å². The molecule has 5 aromatic rings. The minimum atomic E-state index is -0.354. The van der Waals surface area contributed by atoms with Gasteiger partial charge in [-0.05, 0) is 52.7 Å². The molecular weight excluding hydrogens is 531 g/mol. The third-order valence-corrected chi connectivity index (χ3v) is 8.34. The van der Waals surface area contributed by atoms with Gasteiger partial charge < -0.3 is 14.9 Å². The molecule has 0 unspecified atom stereocenters. The zero-order valence-corrected chi connectivity index (χ0v) is 21.8. The molecule has 6 rings (SSSR count). The number of nitro groups is 1. The molecule has 2 atom stereocenters. The number of fused-ring (bicyclic) bond motifs is 3. The molecule has 0 saturated carbocycles. The molecule has 0 bridgehead atoms. The first-order valence-corrected chi connectivity index (χ1v) is 13.1. The van der Waals surface area contributed by atoms with Gasteiger partial charge in [-0.15, -0.1) is 10.2 Å². The summed E-state index contributed by atoms with van der Waals surface area (Å²) >= 11 is 14.0. The van der Waals surface area contributed by atoms with Gasteiger partial charge >= 0.3 is 0 Å². The predicted octanol–water partition coefficient (Wildman–Crippen LogP) is 6.49. The molecule has 0 fully saturated rings. The number of nitro benzene ring substituents is 1. The van der Waals surface area contributed by atoms with Crippen molar-refractivity contribution in [3.05, 3.63) is 110 Å². The maximum atomic E-state index is 12.1. The second-order valence-electron chi connectivity index (χ2n) is 8.87. The number of aromatic nitrogens is 4. The SMILES string of the molecule is Cn1cnnc1Sc1ccc([C@H]2NC[C@H](c3ccc(Cl)cc3Cl)c3c2[nH]c2ccccc32)cc1[N+](=O)[O-]. The van der Waals surface area contributed by atoms with E-state index in [0.29, 0.717) is 26.6 Å². The van der Waals surface area contributed by atoms with Gasteiger partial charge in [0, 0.05) is 52.2 Å². The molecular formula is C26H20Cl2N6O2S. The lowest BCUT2D eigenvalue weighted by atomic mass is 9.83. The van der Waals surface area contributed by atoms with E-state index < -0.39 is 0 Å². The summed E-state index contributed by atoms with van der Waals surface area (Å²) in [7, 11) is 1.80. The van der Waals surface area contributed by atoms with Gasteiger partial charge in [0.05, 0.1) is 15.9 Å². The smallest absolute Gasteiger partial charge is 0.283 e. The largest absolute Gasteiger partial charge is 0.357 e. The van der Waals surface area contributed by atoms with Crippen LogP contribution < -0.4 is 5.32 Å². The van der Waals surface area contributed by atoms with Crippen LogP contribution >= 0.6 is 35.0 Å². The summed E-state index contributed by atoms with van der Waals surface area (Å²) in [5.74, 6) is -0.0205. The lowest BCUT2D eigenvalue weighted by molar-refractivity contribution is -0.387. The number of rotatable bonds is 5. The van der Waals surface area contributed by atoms with Crippen LogP contribution in [0, 0.1) is 10.1 Å². The highest BCUT2D eigenvalue weighted by Crippen LogP contribution is 2.44. The van der Waals surface area contributed by atoms with E-state index in [4.69, 9.17) is 23.2 Å². The van der Waals surface area contributed by atoms with Crippen LogP contribution in [0.25, 0.3) is 10.9 Å². The normalized spacial score (nSPS) is 17.2. The predicted molar refractivity (Wildman–Crippen MR) is 145 cm³/mol. The van der Waals surface area contributed by atoms with Gasteiger partial charge in [0.15, 0.2) is 5.16 Å². The minimum Gasteiger partial charge on any atom is -0.357 e. The Hall–Kier alpha value is -3.37. The van der Waals surface area contributed by atoms with Gasteiger partial charge in [-0.1, -0.05) is 53.5 Å². The van der Waals surface area contributed by atoms with Gasteiger partial charge in [0.1, 0.15) is 6.33 Å². The van der Waals surface area contributed by atoms with Crippen LogP contribution in [0.1, 0.15) is 34.3 Å². The van der Waals surface area contributed by atoms with Crippen molar-refractivity contribution in [2.24, 2.45) is 7.05 Å². The van der Waals surface area contributed by atoms with Crippen LogP contribution in [0.3, 0.4) is 0 Å². The van der Waals surface area contributed by atoms with Crippen molar-refractivity contribution in [2.75, 3.05) is 6.54 Å². The number of hydrogen-bond acceptors (Lipinski definition) is 6. The standard InChI is InChI=1S/C26H20Cl2N6O2S/c1-33-13-30-32-26(33)37-22-9-6-14(10-21(22)34(35)36)24-25-23(17-4-2-3-5-20(17)31-25)18(12-29-24)16-8-7-15(27)11-19(16)28/h2-11,13,18,24,29,31H,12H2,1H3/t18-,24-/m1/s1. The fourth-order valence-electron chi connectivity index (χ4n) is 4.97. The number of benzene rings is 3. The average molecular weight is 551 g/mol. The first-order valence-electron chi connectivity index (χ1n) is 11.5. The van der Waals surface area contributed by atoms with Crippen molar-refractivity contribution in [3.63, 3.8) is 0 Å². The quantitative estimate of drug-likeness (QED) is 0.191. The molecule has 186 valence electrons. The van der Waals surface area contributed by atoms with E-state index in [9.17, 15) is 10.1 Å². The average Bonchev–Trinajstić information content (AvgIpc) is 3.47. The van der Waals surface area contributed by atoms with Crippen LogP contribution in [0.5, 0.6) is 0 Å². The zero-order valence-electron chi connectivity index (χ0n) is 19.5. The molecule has 1 aliphatic heterocycles. The zero-order chi connectivity index (χ0) is 25.7. The Morgan fingerprint density at radius 2 is 1.97 bits per heavy atom. The van der Waals surface area contributed by atoms with E-state index >= 15 is 0 Å². The molecule has 11 heteroatoms. The number of H-pyrrole nitrogens is 1. The summed E-state index contributed by atoms with van der Waals surface area (Å²) in [5.41, 5.74) is 4.88. The van der Waals surface area contributed by atoms with Crippen molar-refractivity contribution in [3.8, 4) is 0 Å². The Morgan fingerprint density at radius 1 is 1.14 bits per heavy atom. The highest BCUT2D eigenvalue weighted by molar-refractivity contribution is 7.99. The van der Waals surface area contributed by atoms with Gasteiger partial charge in [-0.25, -0.2) is 0 Å². The fourth-order valence-corrected chi connectivity index (χ4v) is 6.36. The molecule has 0 spiro atoms. The number of aryl methyl sites for hydroxylation is 1. The van der Waals surface area contributed by atoms with E-state index in [0.717, 1.165) is 33.3 Å². The van der Waals surface area contributed by atoms with Crippen LogP contribution in [0.15, 0.2) is 77.0 Å². The molecule has 2 N–H and O–H groups in total. The molecule has 3 aromatic carbocycles. The lowest BCUT2D eigenvalue weighted by Crippen LogP contribution is -2.34. The number of halogens is 2. The van der Waals surface area contributed by atoms with E-state index in [1.165, 1.54) is 11.8 Å². The van der Waals surface area contributed by atoms with E-state index in [-0.39, 0.29) is 22.6 Å². The monoisotopic (exact) mass is 550 g/mol.